The number of carbonyl (C=O) groups is 1. The Balaban J connectivity index is 1.99. The van der Waals surface area contributed by atoms with Gasteiger partial charge in [0.2, 0.25) is 5.76 Å². The van der Waals surface area contributed by atoms with Gasteiger partial charge in [-0.05, 0) is 29.8 Å². The summed E-state index contributed by atoms with van der Waals surface area (Å²) in [6, 6.07) is 10.4. The van der Waals surface area contributed by atoms with E-state index in [0.29, 0.717) is 12.3 Å². The van der Waals surface area contributed by atoms with E-state index in [0.717, 1.165) is 11.3 Å². The molecule has 0 saturated carbocycles. The summed E-state index contributed by atoms with van der Waals surface area (Å²) >= 11 is 0. The summed E-state index contributed by atoms with van der Waals surface area (Å²) in [6.45, 7) is 0.377. The summed E-state index contributed by atoms with van der Waals surface area (Å²) in [5, 5.41) is 20.8. The van der Waals surface area contributed by atoms with Crippen LogP contribution in [0.15, 0.2) is 40.8 Å². The molecule has 18 heavy (non-hydrogen) atoms. The minimum Gasteiger partial charge on any atom is -0.475 e. The van der Waals surface area contributed by atoms with Crippen LogP contribution >= 0.6 is 0 Å². The summed E-state index contributed by atoms with van der Waals surface area (Å²) in [5.41, 5.74) is 1.65. The van der Waals surface area contributed by atoms with Gasteiger partial charge in [0.25, 0.3) is 0 Å². The molecule has 0 saturated heterocycles. The third kappa shape index (κ3) is 2.89. The van der Waals surface area contributed by atoms with Crippen LogP contribution in [0.2, 0.25) is 0 Å². The average Bonchev–Trinajstić information content (AvgIpc) is 2.85. The largest absolute Gasteiger partial charge is 0.475 e. The molecule has 2 aromatic rings. The number of anilines is 1. The highest BCUT2D eigenvalue weighted by Crippen LogP contribution is 2.13. The fourth-order valence-electron chi connectivity index (χ4n) is 1.56. The molecule has 0 bridgehead atoms. The number of carboxylic acids is 1. The molecule has 0 aliphatic heterocycles. The Bertz CT molecular complexity index is 547. The predicted molar refractivity (Wildman–Crippen MR) is 65.4 cm³/mol. The van der Waals surface area contributed by atoms with E-state index in [1.54, 1.807) is 6.07 Å². The fourth-order valence-corrected chi connectivity index (χ4v) is 1.56. The SMILES string of the molecule is O=C(O)c1ccc(CNc2cccc(CO)c2)o1. The number of rotatable bonds is 5. The zero-order valence-electron chi connectivity index (χ0n) is 9.59. The van der Waals surface area contributed by atoms with Gasteiger partial charge in [-0.2, -0.15) is 0 Å². The first-order chi connectivity index (χ1) is 8.69. The molecule has 0 atom stereocenters. The molecule has 5 nitrogen and oxygen atoms in total. The van der Waals surface area contributed by atoms with Crippen molar-refractivity contribution < 1.29 is 19.4 Å². The Morgan fingerprint density at radius 2 is 2.11 bits per heavy atom. The highest BCUT2D eigenvalue weighted by molar-refractivity contribution is 5.84. The van der Waals surface area contributed by atoms with E-state index in [4.69, 9.17) is 14.6 Å². The maximum absolute atomic E-state index is 10.6. The molecule has 0 aliphatic carbocycles. The third-order valence-corrected chi connectivity index (χ3v) is 2.45. The Hall–Kier alpha value is -2.27. The maximum atomic E-state index is 10.6. The number of hydrogen-bond donors (Lipinski definition) is 3. The molecule has 94 valence electrons. The Kier molecular flexibility index (Phi) is 3.64. The van der Waals surface area contributed by atoms with Gasteiger partial charge < -0.3 is 19.9 Å². The summed E-state index contributed by atoms with van der Waals surface area (Å²) in [4.78, 5) is 10.6. The maximum Gasteiger partial charge on any atom is 0.371 e. The van der Waals surface area contributed by atoms with Crippen LogP contribution in [0.5, 0.6) is 0 Å². The van der Waals surface area contributed by atoms with E-state index < -0.39 is 5.97 Å². The molecule has 0 amide bonds. The second kappa shape index (κ2) is 5.37. The van der Waals surface area contributed by atoms with Crippen molar-refractivity contribution in [3.63, 3.8) is 0 Å². The van der Waals surface area contributed by atoms with Crippen LogP contribution in [0.1, 0.15) is 21.9 Å². The van der Waals surface area contributed by atoms with Crippen LogP contribution in [0.3, 0.4) is 0 Å². The molecule has 0 unspecified atom stereocenters. The van der Waals surface area contributed by atoms with Crippen molar-refractivity contribution in [1.29, 1.82) is 0 Å². The van der Waals surface area contributed by atoms with E-state index in [1.807, 2.05) is 24.3 Å². The topological polar surface area (TPSA) is 82.7 Å². The molecule has 0 radical (unpaired) electrons. The Labute approximate surface area is 104 Å². The van der Waals surface area contributed by atoms with Crippen LogP contribution in [0.25, 0.3) is 0 Å². The van der Waals surface area contributed by atoms with Gasteiger partial charge in [-0.1, -0.05) is 12.1 Å². The lowest BCUT2D eigenvalue weighted by atomic mass is 10.2. The summed E-state index contributed by atoms with van der Waals surface area (Å²) < 4.78 is 5.11. The van der Waals surface area contributed by atoms with E-state index in [9.17, 15) is 4.79 Å². The molecule has 0 fully saturated rings. The van der Waals surface area contributed by atoms with E-state index in [-0.39, 0.29) is 12.4 Å². The molecule has 2 rings (SSSR count). The van der Waals surface area contributed by atoms with Gasteiger partial charge in [0.15, 0.2) is 0 Å². The first-order valence-corrected chi connectivity index (χ1v) is 5.44. The standard InChI is InChI=1S/C13H13NO4/c15-8-9-2-1-3-10(6-9)14-7-11-4-5-12(18-11)13(16)17/h1-6,14-15H,7-8H2,(H,16,17). The lowest BCUT2D eigenvalue weighted by Crippen LogP contribution is -1.99. The fraction of sp³-hybridized carbons (Fsp3) is 0.154. The highest BCUT2D eigenvalue weighted by Gasteiger charge is 2.08. The van der Waals surface area contributed by atoms with E-state index in [2.05, 4.69) is 5.32 Å². The second-order valence-corrected chi connectivity index (χ2v) is 3.78. The van der Waals surface area contributed by atoms with Crippen LogP contribution in [0.4, 0.5) is 5.69 Å². The van der Waals surface area contributed by atoms with Crippen LogP contribution in [-0.2, 0) is 13.2 Å². The van der Waals surface area contributed by atoms with Crippen molar-refractivity contribution in [2.24, 2.45) is 0 Å². The normalized spacial score (nSPS) is 10.3. The Morgan fingerprint density at radius 1 is 1.28 bits per heavy atom. The van der Waals surface area contributed by atoms with Crippen molar-refractivity contribution in [2.45, 2.75) is 13.2 Å². The molecule has 3 N–H and O–H groups in total. The van der Waals surface area contributed by atoms with Gasteiger partial charge in [-0.25, -0.2) is 4.79 Å². The first kappa shape index (κ1) is 12.2. The minimum absolute atomic E-state index is 0.0145. The van der Waals surface area contributed by atoms with Crippen molar-refractivity contribution in [3.05, 3.63) is 53.5 Å². The van der Waals surface area contributed by atoms with Gasteiger partial charge in [-0.15, -0.1) is 0 Å². The zero-order valence-corrected chi connectivity index (χ0v) is 9.59. The molecule has 0 aliphatic rings. The van der Waals surface area contributed by atoms with Crippen molar-refractivity contribution in [2.75, 3.05) is 5.32 Å². The van der Waals surface area contributed by atoms with Gasteiger partial charge in [0, 0.05) is 5.69 Å². The van der Waals surface area contributed by atoms with Crippen LogP contribution in [-0.4, -0.2) is 16.2 Å². The van der Waals surface area contributed by atoms with E-state index in [1.165, 1.54) is 6.07 Å². The van der Waals surface area contributed by atoms with Gasteiger partial charge in [0.1, 0.15) is 5.76 Å². The number of carboxylic acid groups (broad SMARTS) is 1. The van der Waals surface area contributed by atoms with Crippen molar-refractivity contribution in [1.82, 2.24) is 0 Å². The lowest BCUT2D eigenvalue weighted by Gasteiger charge is -2.05. The summed E-state index contributed by atoms with van der Waals surface area (Å²) in [5.74, 6) is -0.610. The molecule has 1 aromatic heterocycles. The average molecular weight is 247 g/mol. The monoisotopic (exact) mass is 247 g/mol. The number of hydrogen-bond acceptors (Lipinski definition) is 4. The number of aliphatic hydroxyl groups is 1. The zero-order chi connectivity index (χ0) is 13.0. The quantitative estimate of drug-likeness (QED) is 0.753. The predicted octanol–water partition coefficient (Wildman–Crippen LogP) is 2.08. The molecular formula is C13H13NO4. The minimum atomic E-state index is -1.08. The number of aliphatic hydroxyl groups excluding tert-OH is 1. The lowest BCUT2D eigenvalue weighted by molar-refractivity contribution is 0.0660. The number of aromatic carboxylic acids is 1. The van der Waals surface area contributed by atoms with Crippen molar-refractivity contribution in [3.8, 4) is 0 Å². The molecule has 1 aromatic carbocycles. The summed E-state index contributed by atoms with van der Waals surface area (Å²) in [6.07, 6.45) is 0. The van der Waals surface area contributed by atoms with Crippen LogP contribution in [0, 0.1) is 0 Å². The van der Waals surface area contributed by atoms with Gasteiger partial charge in [-0.3, -0.25) is 0 Å². The molecule has 1 heterocycles. The number of benzene rings is 1. The Morgan fingerprint density at radius 3 is 2.78 bits per heavy atom. The smallest absolute Gasteiger partial charge is 0.371 e. The molecular weight excluding hydrogens is 234 g/mol. The molecule has 0 spiro atoms. The number of furan rings is 1. The first-order valence-electron chi connectivity index (χ1n) is 5.44. The molecule has 5 heteroatoms. The second-order valence-electron chi connectivity index (χ2n) is 3.78. The summed E-state index contributed by atoms with van der Waals surface area (Å²) in [7, 11) is 0. The number of nitrogens with one attached hydrogen (secondary N) is 1. The van der Waals surface area contributed by atoms with Gasteiger partial charge in [0.05, 0.1) is 13.2 Å². The third-order valence-electron chi connectivity index (χ3n) is 2.45. The van der Waals surface area contributed by atoms with Gasteiger partial charge >= 0.3 is 5.97 Å². The highest BCUT2D eigenvalue weighted by atomic mass is 16.4. The van der Waals surface area contributed by atoms with E-state index >= 15 is 0 Å². The van der Waals surface area contributed by atoms with Crippen LogP contribution < -0.4 is 5.32 Å². The van der Waals surface area contributed by atoms with Crippen molar-refractivity contribution >= 4 is 11.7 Å².